The third-order valence-electron chi connectivity index (χ3n) is 4.32. The smallest absolute Gasteiger partial charge is 0.0316 e. The monoisotopic (exact) mass is 379 g/mol. The molecule has 0 aromatic heterocycles. The van der Waals surface area contributed by atoms with Crippen LogP contribution in [-0.2, 0) is 5.41 Å². The van der Waals surface area contributed by atoms with Gasteiger partial charge in [0, 0.05) is 8.07 Å². The Morgan fingerprint density at radius 2 is 1.15 bits per heavy atom. The summed E-state index contributed by atoms with van der Waals surface area (Å²) in [6, 6.07) is 30.7. The number of benzene rings is 3. The summed E-state index contributed by atoms with van der Waals surface area (Å²) in [6.45, 7) is 6.90. The first kappa shape index (κ1) is 19.2. The summed E-state index contributed by atoms with van der Waals surface area (Å²) in [6.07, 6.45) is 0. The van der Waals surface area contributed by atoms with Crippen molar-refractivity contribution in [3.63, 3.8) is 0 Å². The van der Waals surface area contributed by atoms with Crippen molar-refractivity contribution in [2.45, 2.75) is 26.2 Å². The molecule has 26 heavy (non-hydrogen) atoms. The average molecular weight is 379 g/mol. The highest BCUT2D eigenvalue weighted by molar-refractivity contribution is 7.77. The fourth-order valence-electron chi connectivity index (χ4n) is 3.09. The summed E-state index contributed by atoms with van der Waals surface area (Å²) in [7, 11) is 2.37. The van der Waals surface area contributed by atoms with Gasteiger partial charge in [0.1, 0.15) is 0 Å². The second-order valence-electron chi connectivity index (χ2n) is 7.41. The summed E-state index contributed by atoms with van der Waals surface area (Å²) in [5, 5.41) is 4.25. The van der Waals surface area contributed by atoms with Crippen LogP contribution in [0.15, 0.2) is 84.9 Å². The molecule has 0 aliphatic carbocycles. The van der Waals surface area contributed by atoms with Crippen molar-refractivity contribution in [3.05, 3.63) is 90.5 Å². The summed E-state index contributed by atoms with van der Waals surface area (Å²) in [4.78, 5) is 0. The molecule has 0 spiro atoms. The summed E-state index contributed by atoms with van der Waals surface area (Å²) >= 11 is 0. The Morgan fingerprint density at radius 3 is 1.65 bits per heavy atom. The normalized spacial score (nSPS) is 12.4. The highest BCUT2D eigenvalue weighted by atomic mass is 31.2. The molecular weight excluding hydrogens is 352 g/mol. The standard InChI is InChI=1S/C23H27NP2/c1-23(2,3)21-17-11-12-18-22(21)25-24(4)26(19-13-7-5-8-14-19)20-15-9-6-10-16-20/h5-18,25H,1-4H3. The minimum absolute atomic E-state index is 0.159. The average Bonchev–Trinajstić information content (AvgIpc) is 2.63. The van der Waals surface area contributed by atoms with Gasteiger partial charge in [-0.15, -0.1) is 0 Å². The molecule has 0 heterocycles. The van der Waals surface area contributed by atoms with Crippen LogP contribution < -0.4 is 15.9 Å². The van der Waals surface area contributed by atoms with Gasteiger partial charge >= 0.3 is 0 Å². The Balaban J connectivity index is 1.96. The predicted octanol–water partition coefficient (Wildman–Crippen LogP) is 5.18. The first-order chi connectivity index (χ1) is 12.5. The molecule has 1 atom stereocenters. The quantitative estimate of drug-likeness (QED) is 0.552. The second-order valence-corrected chi connectivity index (χ2v) is 11.5. The van der Waals surface area contributed by atoms with Crippen molar-refractivity contribution in [2.24, 2.45) is 0 Å². The Hall–Kier alpha value is -1.52. The zero-order chi connectivity index (χ0) is 18.6. The van der Waals surface area contributed by atoms with E-state index in [1.165, 1.54) is 21.5 Å². The molecule has 1 nitrogen and oxygen atoms in total. The first-order valence-electron chi connectivity index (χ1n) is 8.97. The Kier molecular flexibility index (Phi) is 6.25. The largest absolute Gasteiger partial charge is 0.254 e. The maximum absolute atomic E-state index is 2.55. The first-order valence-corrected chi connectivity index (χ1v) is 11.2. The van der Waals surface area contributed by atoms with Crippen LogP contribution in [0.4, 0.5) is 0 Å². The van der Waals surface area contributed by atoms with Crippen LogP contribution in [0.3, 0.4) is 0 Å². The molecule has 0 bridgehead atoms. The maximum atomic E-state index is 2.55. The third kappa shape index (κ3) is 4.60. The third-order valence-corrected chi connectivity index (χ3v) is 8.39. The van der Waals surface area contributed by atoms with Crippen LogP contribution in [0.2, 0.25) is 0 Å². The van der Waals surface area contributed by atoms with E-state index in [1.807, 2.05) is 0 Å². The van der Waals surface area contributed by atoms with Crippen molar-refractivity contribution in [1.29, 1.82) is 0 Å². The van der Waals surface area contributed by atoms with Crippen LogP contribution in [0.1, 0.15) is 26.3 Å². The lowest BCUT2D eigenvalue weighted by Gasteiger charge is -2.31. The van der Waals surface area contributed by atoms with E-state index in [1.54, 1.807) is 0 Å². The van der Waals surface area contributed by atoms with Gasteiger partial charge in [-0.3, -0.25) is 4.44 Å². The lowest BCUT2D eigenvalue weighted by Crippen LogP contribution is -2.25. The molecule has 0 aliphatic rings. The van der Waals surface area contributed by atoms with Crippen LogP contribution >= 0.6 is 16.8 Å². The molecule has 0 saturated carbocycles. The van der Waals surface area contributed by atoms with Crippen molar-refractivity contribution in [2.75, 3.05) is 7.05 Å². The van der Waals surface area contributed by atoms with Crippen molar-refractivity contribution < 1.29 is 0 Å². The minimum atomic E-state index is -0.538. The van der Waals surface area contributed by atoms with Gasteiger partial charge in [0.2, 0.25) is 0 Å². The number of nitrogens with zero attached hydrogens (tertiary/aromatic N) is 1. The predicted molar refractivity (Wildman–Crippen MR) is 120 cm³/mol. The van der Waals surface area contributed by atoms with Crippen molar-refractivity contribution in [3.8, 4) is 0 Å². The molecule has 0 aliphatic heterocycles. The lowest BCUT2D eigenvalue weighted by molar-refractivity contribution is 0.594. The van der Waals surface area contributed by atoms with Gasteiger partial charge in [0.05, 0.1) is 0 Å². The minimum Gasteiger partial charge on any atom is -0.254 e. The van der Waals surface area contributed by atoms with E-state index >= 15 is 0 Å². The molecule has 134 valence electrons. The number of hydrogen-bond donors (Lipinski definition) is 0. The molecule has 0 saturated heterocycles. The fraction of sp³-hybridized carbons (Fsp3) is 0.217. The molecule has 0 fully saturated rings. The van der Waals surface area contributed by atoms with Gasteiger partial charge < -0.3 is 0 Å². The topological polar surface area (TPSA) is 3.24 Å². The molecule has 3 aromatic carbocycles. The van der Waals surface area contributed by atoms with Crippen LogP contribution in [0.25, 0.3) is 0 Å². The fourth-order valence-corrected chi connectivity index (χ4v) is 7.51. The van der Waals surface area contributed by atoms with Gasteiger partial charge in [-0.05, 0) is 42.7 Å². The van der Waals surface area contributed by atoms with E-state index < -0.39 is 8.07 Å². The van der Waals surface area contributed by atoms with Gasteiger partial charge in [-0.1, -0.05) is 106 Å². The van der Waals surface area contributed by atoms with E-state index in [4.69, 9.17) is 0 Å². The second kappa shape index (κ2) is 8.45. The molecule has 0 amide bonds. The van der Waals surface area contributed by atoms with E-state index in [2.05, 4.69) is 117 Å². The molecule has 3 aromatic rings. The van der Waals surface area contributed by atoms with E-state index in [0.717, 1.165) is 0 Å². The van der Waals surface area contributed by atoms with Gasteiger partial charge in [0.15, 0.2) is 0 Å². The zero-order valence-electron chi connectivity index (χ0n) is 16.0. The number of hydrogen-bond acceptors (Lipinski definition) is 1. The summed E-state index contributed by atoms with van der Waals surface area (Å²) < 4.78 is 2.55. The SMILES string of the molecule is CN(Pc1ccccc1C(C)(C)C)P(c1ccccc1)c1ccccc1. The van der Waals surface area contributed by atoms with E-state index in [-0.39, 0.29) is 5.41 Å². The Bertz CT molecular complexity index is 786. The molecular formula is C23H27NP2. The van der Waals surface area contributed by atoms with Crippen molar-refractivity contribution >= 4 is 32.7 Å². The van der Waals surface area contributed by atoms with Gasteiger partial charge in [-0.25, -0.2) is 0 Å². The molecule has 3 rings (SSSR count). The Morgan fingerprint density at radius 1 is 0.692 bits per heavy atom. The molecule has 0 N–H and O–H groups in total. The summed E-state index contributed by atoms with van der Waals surface area (Å²) in [5.74, 6) is 0. The van der Waals surface area contributed by atoms with Crippen LogP contribution in [0.5, 0.6) is 0 Å². The maximum Gasteiger partial charge on any atom is 0.0316 e. The summed E-state index contributed by atoms with van der Waals surface area (Å²) in [5.41, 5.74) is 1.61. The highest BCUT2D eigenvalue weighted by Gasteiger charge is 2.23. The van der Waals surface area contributed by atoms with Gasteiger partial charge in [0.25, 0.3) is 0 Å². The molecule has 1 unspecified atom stereocenters. The van der Waals surface area contributed by atoms with E-state index in [9.17, 15) is 0 Å². The Labute approximate surface area is 161 Å². The highest BCUT2D eigenvalue weighted by Crippen LogP contribution is 2.44. The molecule has 0 radical (unpaired) electrons. The van der Waals surface area contributed by atoms with Crippen LogP contribution in [-0.4, -0.2) is 11.5 Å². The number of rotatable bonds is 5. The van der Waals surface area contributed by atoms with Gasteiger partial charge in [-0.2, -0.15) is 0 Å². The van der Waals surface area contributed by atoms with Crippen molar-refractivity contribution in [1.82, 2.24) is 4.44 Å². The lowest BCUT2D eigenvalue weighted by atomic mass is 9.87. The van der Waals surface area contributed by atoms with Crippen LogP contribution in [0, 0.1) is 0 Å². The zero-order valence-corrected chi connectivity index (χ0v) is 17.9. The molecule has 3 heteroatoms. The van der Waals surface area contributed by atoms with E-state index in [0.29, 0.717) is 8.73 Å².